The SMILES string of the molecule is Cc1ccc(CC(=O)Nc2cc(C)nn2-c2nc3c(C)cc(C)cc3s2)cc1. The molecular weight excluding hydrogens is 368 g/mol. The number of thiazole rings is 1. The maximum atomic E-state index is 12.6. The molecule has 0 spiro atoms. The van der Waals surface area contributed by atoms with Crippen molar-refractivity contribution in [1.29, 1.82) is 0 Å². The molecule has 0 aliphatic heterocycles. The van der Waals surface area contributed by atoms with Crippen LogP contribution in [0.5, 0.6) is 0 Å². The third-order valence-electron chi connectivity index (χ3n) is 4.58. The number of benzene rings is 2. The second kappa shape index (κ2) is 7.20. The zero-order valence-electron chi connectivity index (χ0n) is 16.4. The highest BCUT2D eigenvalue weighted by Crippen LogP contribution is 2.30. The topological polar surface area (TPSA) is 59.8 Å². The normalized spacial score (nSPS) is 11.1. The van der Waals surface area contributed by atoms with Crippen LogP contribution < -0.4 is 5.32 Å². The molecule has 6 heteroatoms. The fourth-order valence-corrected chi connectivity index (χ4v) is 4.37. The number of nitrogens with zero attached hydrogens (tertiary/aromatic N) is 3. The molecule has 28 heavy (non-hydrogen) atoms. The Balaban J connectivity index is 1.62. The summed E-state index contributed by atoms with van der Waals surface area (Å²) in [6, 6.07) is 14.1. The lowest BCUT2D eigenvalue weighted by atomic mass is 10.1. The van der Waals surface area contributed by atoms with Gasteiger partial charge in [-0.1, -0.05) is 47.2 Å². The molecule has 0 saturated heterocycles. The third-order valence-corrected chi connectivity index (χ3v) is 5.56. The van der Waals surface area contributed by atoms with Crippen LogP contribution in [0.25, 0.3) is 15.3 Å². The number of aryl methyl sites for hydroxylation is 4. The molecule has 0 fully saturated rings. The Hall–Kier alpha value is -2.99. The second-order valence-electron chi connectivity index (χ2n) is 7.22. The number of rotatable bonds is 4. The van der Waals surface area contributed by atoms with Gasteiger partial charge in [-0.2, -0.15) is 9.78 Å². The molecule has 4 aromatic rings. The Morgan fingerprint density at radius 3 is 2.54 bits per heavy atom. The zero-order chi connectivity index (χ0) is 19.8. The van der Waals surface area contributed by atoms with E-state index in [1.807, 2.05) is 44.2 Å². The van der Waals surface area contributed by atoms with Crippen molar-refractivity contribution >= 4 is 33.3 Å². The van der Waals surface area contributed by atoms with Gasteiger partial charge in [-0.05, 0) is 50.5 Å². The number of aromatic nitrogens is 3. The first-order valence-corrected chi connectivity index (χ1v) is 10.0. The van der Waals surface area contributed by atoms with Crippen LogP contribution >= 0.6 is 11.3 Å². The molecule has 5 nitrogen and oxygen atoms in total. The van der Waals surface area contributed by atoms with E-state index in [0.29, 0.717) is 12.2 Å². The molecule has 142 valence electrons. The summed E-state index contributed by atoms with van der Waals surface area (Å²) in [6.07, 6.45) is 0.322. The van der Waals surface area contributed by atoms with Crippen LogP contribution in [0.4, 0.5) is 5.82 Å². The van der Waals surface area contributed by atoms with E-state index in [-0.39, 0.29) is 5.91 Å². The summed E-state index contributed by atoms with van der Waals surface area (Å²) < 4.78 is 2.85. The molecular formula is C22H22N4OS. The van der Waals surface area contributed by atoms with E-state index in [2.05, 4.69) is 36.4 Å². The number of carbonyl (C=O) groups excluding carboxylic acids is 1. The predicted octanol–water partition coefficient (Wildman–Crippen LogP) is 4.90. The van der Waals surface area contributed by atoms with E-state index in [4.69, 9.17) is 4.98 Å². The van der Waals surface area contributed by atoms with E-state index in [1.165, 1.54) is 11.1 Å². The van der Waals surface area contributed by atoms with Gasteiger partial charge >= 0.3 is 0 Å². The van der Waals surface area contributed by atoms with Gasteiger partial charge in [0.1, 0.15) is 5.82 Å². The Morgan fingerprint density at radius 2 is 1.79 bits per heavy atom. The Morgan fingerprint density at radius 1 is 1.04 bits per heavy atom. The standard InChI is InChI=1S/C22H22N4OS/c1-13-5-7-17(8-6-13)12-20(27)23-19-11-16(4)25-26(19)22-24-21-15(3)9-14(2)10-18(21)28-22/h5-11H,12H2,1-4H3,(H,23,27). The van der Waals surface area contributed by atoms with Gasteiger partial charge in [0.25, 0.3) is 0 Å². The maximum absolute atomic E-state index is 12.6. The molecule has 1 N–H and O–H groups in total. The smallest absolute Gasteiger partial charge is 0.229 e. The van der Waals surface area contributed by atoms with Crippen molar-refractivity contribution in [2.75, 3.05) is 5.32 Å². The van der Waals surface area contributed by atoms with Gasteiger partial charge in [-0.25, -0.2) is 4.98 Å². The van der Waals surface area contributed by atoms with Crippen LogP contribution in [-0.2, 0) is 11.2 Å². The number of hydrogen-bond donors (Lipinski definition) is 1. The molecule has 0 unspecified atom stereocenters. The van der Waals surface area contributed by atoms with Crippen molar-refractivity contribution in [3.63, 3.8) is 0 Å². The van der Waals surface area contributed by atoms with Crippen LogP contribution in [-0.4, -0.2) is 20.7 Å². The first-order chi connectivity index (χ1) is 13.4. The number of hydrogen-bond acceptors (Lipinski definition) is 4. The van der Waals surface area contributed by atoms with Crippen molar-refractivity contribution < 1.29 is 4.79 Å². The summed E-state index contributed by atoms with van der Waals surface area (Å²) in [5.74, 6) is 0.571. The predicted molar refractivity (Wildman–Crippen MR) is 114 cm³/mol. The summed E-state index contributed by atoms with van der Waals surface area (Å²) in [5.41, 5.74) is 6.33. The lowest BCUT2D eigenvalue weighted by molar-refractivity contribution is -0.115. The van der Waals surface area contributed by atoms with Gasteiger partial charge in [-0.15, -0.1) is 0 Å². The molecule has 0 aliphatic carbocycles. The molecule has 4 rings (SSSR count). The highest BCUT2D eigenvalue weighted by molar-refractivity contribution is 7.20. The molecule has 0 radical (unpaired) electrons. The van der Waals surface area contributed by atoms with Crippen molar-refractivity contribution in [2.24, 2.45) is 0 Å². The van der Waals surface area contributed by atoms with E-state index in [0.717, 1.165) is 32.2 Å². The summed E-state index contributed by atoms with van der Waals surface area (Å²) in [4.78, 5) is 17.3. The number of fused-ring (bicyclic) bond motifs is 1. The number of amides is 1. The van der Waals surface area contributed by atoms with Crippen LogP contribution in [0.1, 0.15) is 27.9 Å². The molecule has 1 amide bonds. The van der Waals surface area contributed by atoms with Gasteiger partial charge in [0.2, 0.25) is 11.0 Å². The minimum atomic E-state index is -0.0712. The molecule has 2 heterocycles. The maximum Gasteiger partial charge on any atom is 0.229 e. The number of nitrogens with one attached hydrogen (secondary N) is 1. The van der Waals surface area contributed by atoms with E-state index in [1.54, 1.807) is 16.0 Å². The van der Waals surface area contributed by atoms with Crippen molar-refractivity contribution in [2.45, 2.75) is 34.1 Å². The Labute approximate surface area is 168 Å². The Kier molecular flexibility index (Phi) is 4.73. The summed E-state index contributed by atoms with van der Waals surface area (Å²) in [5, 5.41) is 8.29. The van der Waals surface area contributed by atoms with E-state index in [9.17, 15) is 4.79 Å². The fourth-order valence-electron chi connectivity index (χ4n) is 3.26. The molecule has 0 saturated carbocycles. The third kappa shape index (κ3) is 3.68. The minimum absolute atomic E-state index is 0.0712. The van der Waals surface area contributed by atoms with Crippen LogP contribution in [0.15, 0.2) is 42.5 Å². The quantitative estimate of drug-likeness (QED) is 0.539. The van der Waals surface area contributed by atoms with Crippen molar-refractivity contribution in [3.8, 4) is 5.13 Å². The van der Waals surface area contributed by atoms with Crippen LogP contribution in [0.2, 0.25) is 0 Å². The highest BCUT2D eigenvalue weighted by atomic mass is 32.1. The second-order valence-corrected chi connectivity index (χ2v) is 8.23. The molecule has 0 atom stereocenters. The van der Waals surface area contributed by atoms with Gasteiger partial charge < -0.3 is 5.32 Å². The first kappa shape index (κ1) is 18.4. The van der Waals surface area contributed by atoms with Crippen LogP contribution in [0.3, 0.4) is 0 Å². The zero-order valence-corrected chi connectivity index (χ0v) is 17.2. The number of carbonyl (C=O) groups is 1. The molecule has 0 bridgehead atoms. The first-order valence-electron chi connectivity index (χ1n) is 9.19. The molecule has 2 aromatic carbocycles. The highest BCUT2D eigenvalue weighted by Gasteiger charge is 2.15. The summed E-state index contributed by atoms with van der Waals surface area (Å²) in [6.45, 7) is 8.10. The fraction of sp³-hybridized carbons (Fsp3) is 0.227. The number of anilines is 1. The van der Waals surface area contributed by atoms with Gasteiger partial charge in [-0.3, -0.25) is 4.79 Å². The molecule has 0 aliphatic rings. The Bertz CT molecular complexity index is 1170. The van der Waals surface area contributed by atoms with Gasteiger partial charge in [0.15, 0.2) is 0 Å². The lowest BCUT2D eigenvalue weighted by Crippen LogP contribution is -2.17. The largest absolute Gasteiger partial charge is 0.310 e. The average molecular weight is 391 g/mol. The van der Waals surface area contributed by atoms with E-state index < -0.39 is 0 Å². The molecule has 2 aromatic heterocycles. The minimum Gasteiger partial charge on any atom is -0.310 e. The van der Waals surface area contributed by atoms with Gasteiger partial charge in [0, 0.05) is 6.07 Å². The van der Waals surface area contributed by atoms with E-state index >= 15 is 0 Å². The van der Waals surface area contributed by atoms with Crippen molar-refractivity contribution in [1.82, 2.24) is 14.8 Å². The van der Waals surface area contributed by atoms with Crippen molar-refractivity contribution in [3.05, 3.63) is 70.4 Å². The average Bonchev–Trinajstić information content (AvgIpc) is 3.20. The lowest BCUT2D eigenvalue weighted by Gasteiger charge is -2.07. The monoisotopic (exact) mass is 390 g/mol. The summed E-state index contributed by atoms with van der Waals surface area (Å²) >= 11 is 1.58. The van der Waals surface area contributed by atoms with Crippen LogP contribution in [0, 0.1) is 27.7 Å². The van der Waals surface area contributed by atoms with Gasteiger partial charge in [0.05, 0.1) is 22.3 Å². The summed E-state index contributed by atoms with van der Waals surface area (Å²) in [7, 11) is 0.